The van der Waals surface area contributed by atoms with Gasteiger partial charge in [-0.1, -0.05) is 0 Å². The lowest BCUT2D eigenvalue weighted by Crippen LogP contribution is -2.34. The molecule has 0 saturated carbocycles. The first-order valence-electron chi connectivity index (χ1n) is 8.36. The number of hydrogen-bond donors (Lipinski definition) is 2. The minimum atomic E-state index is -0.151. The van der Waals surface area contributed by atoms with Crippen LogP contribution in [-0.4, -0.2) is 56.4 Å². The molecule has 2 N–H and O–H groups in total. The van der Waals surface area contributed by atoms with Crippen molar-refractivity contribution < 1.29 is 14.4 Å². The summed E-state index contributed by atoms with van der Waals surface area (Å²) in [5.74, 6) is -0.352. The summed E-state index contributed by atoms with van der Waals surface area (Å²) >= 11 is 0. The Morgan fingerprint density at radius 1 is 1.00 bits per heavy atom. The number of nitrogens with zero attached hydrogens (tertiary/aromatic N) is 2. The van der Waals surface area contributed by atoms with Gasteiger partial charge in [-0.25, -0.2) is 0 Å². The molecule has 0 atom stereocenters. The van der Waals surface area contributed by atoms with Gasteiger partial charge >= 0.3 is 0 Å². The van der Waals surface area contributed by atoms with Crippen molar-refractivity contribution in [3.05, 3.63) is 24.3 Å². The van der Waals surface area contributed by atoms with E-state index in [0.29, 0.717) is 24.5 Å². The van der Waals surface area contributed by atoms with Crippen LogP contribution in [0.4, 0.5) is 11.4 Å². The Labute approximate surface area is 149 Å². The Kier molecular flexibility index (Phi) is 8.63. The van der Waals surface area contributed by atoms with E-state index in [4.69, 9.17) is 0 Å². The molecule has 0 aliphatic carbocycles. The second-order valence-corrected chi connectivity index (χ2v) is 6.16. The largest absolute Gasteiger partial charge is 0.356 e. The van der Waals surface area contributed by atoms with Crippen LogP contribution < -0.4 is 15.5 Å². The second-order valence-electron chi connectivity index (χ2n) is 6.16. The number of nitrogens with one attached hydrogen (secondary N) is 2. The highest BCUT2D eigenvalue weighted by atomic mass is 16.2. The first kappa shape index (κ1) is 20.6. The third kappa shape index (κ3) is 8.30. The van der Waals surface area contributed by atoms with E-state index in [1.807, 2.05) is 14.1 Å². The predicted molar refractivity (Wildman–Crippen MR) is 99.6 cm³/mol. The normalized spacial score (nSPS) is 10.4. The summed E-state index contributed by atoms with van der Waals surface area (Å²) in [6.45, 7) is 4.76. The summed E-state index contributed by atoms with van der Waals surface area (Å²) in [6, 6.07) is 6.96. The molecule has 0 saturated heterocycles. The lowest BCUT2D eigenvalue weighted by Gasteiger charge is -2.21. The summed E-state index contributed by atoms with van der Waals surface area (Å²) in [7, 11) is 3.98. The van der Waals surface area contributed by atoms with Gasteiger partial charge in [0, 0.05) is 44.7 Å². The molecule has 0 aromatic heterocycles. The summed E-state index contributed by atoms with van der Waals surface area (Å²) in [5, 5.41) is 5.54. The summed E-state index contributed by atoms with van der Waals surface area (Å²) in [5.41, 5.74) is 1.36. The molecule has 7 nitrogen and oxygen atoms in total. The molecule has 0 bridgehead atoms. The average Bonchev–Trinajstić information content (AvgIpc) is 2.52. The fraction of sp³-hybridized carbons (Fsp3) is 0.500. The molecule has 0 spiro atoms. The first-order chi connectivity index (χ1) is 11.8. The number of rotatable bonds is 9. The SMILES string of the molecule is CC(=O)Nc1ccc(N(CCC(=O)NCCCN(C)C)C(C)=O)cc1. The lowest BCUT2D eigenvalue weighted by atomic mass is 10.2. The quantitative estimate of drug-likeness (QED) is 0.662. The summed E-state index contributed by atoms with van der Waals surface area (Å²) in [4.78, 5) is 38.4. The van der Waals surface area contributed by atoms with E-state index in [1.165, 1.54) is 13.8 Å². The van der Waals surface area contributed by atoms with Crippen molar-refractivity contribution in [3.63, 3.8) is 0 Å². The van der Waals surface area contributed by atoms with Gasteiger partial charge in [0.1, 0.15) is 0 Å². The maximum absolute atomic E-state index is 11.9. The molecule has 1 aromatic carbocycles. The van der Waals surface area contributed by atoms with Crippen LogP contribution in [0.15, 0.2) is 24.3 Å². The van der Waals surface area contributed by atoms with Crippen molar-refractivity contribution >= 4 is 29.1 Å². The number of hydrogen-bond acceptors (Lipinski definition) is 4. The van der Waals surface area contributed by atoms with Gasteiger partial charge in [-0.05, 0) is 51.3 Å². The number of anilines is 2. The Bertz CT molecular complexity index is 584. The molecule has 0 radical (unpaired) electrons. The zero-order valence-electron chi connectivity index (χ0n) is 15.5. The van der Waals surface area contributed by atoms with Crippen LogP contribution >= 0.6 is 0 Å². The summed E-state index contributed by atoms with van der Waals surface area (Å²) in [6.07, 6.45) is 1.13. The third-order valence-corrected chi connectivity index (χ3v) is 3.55. The van der Waals surface area contributed by atoms with Crippen LogP contribution in [0.25, 0.3) is 0 Å². The molecule has 0 fully saturated rings. The monoisotopic (exact) mass is 348 g/mol. The Balaban J connectivity index is 2.52. The van der Waals surface area contributed by atoms with Crippen molar-refractivity contribution in [1.29, 1.82) is 0 Å². The first-order valence-corrected chi connectivity index (χ1v) is 8.36. The van der Waals surface area contributed by atoms with E-state index in [2.05, 4.69) is 15.5 Å². The van der Waals surface area contributed by atoms with Crippen LogP contribution in [0.3, 0.4) is 0 Å². The smallest absolute Gasteiger partial charge is 0.223 e. The van der Waals surface area contributed by atoms with Gasteiger partial charge in [-0.2, -0.15) is 0 Å². The molecular formula is C18H28N4O3. The van der Waals surface area contributed by atoms with Crippen molar-refractivity contribution in [2.75, 3.05) is 43.9 Å². The van der Waals surface area contributed by atoms with Gasteiger partial charge in [0.05, 0.1) is 0 Å². The van der Waals surface area contributed by atoms with Crippen molar-refractivity contribution in [3.8, 4) is 0 Å². The molecule has 3 amide bonds. The number of carbonyl (C=O) groups is 3. The van der Waals surface area contributed by atoms with E-state index in [1.54, 1.807) is 29.2 Å². The van der Waals surface area contributed by atoms with Crippen LogP contribution in [0.5, 0.6) is 0 Å². The van der Waals surface area contributed by atoms with E-state index < -0.39 is 0 Å². The van der Waals surface area contributed by atoms with Gasteiger partial charge in [0.2, 0.25) is 17.7 Å². The van der Waals surface area contributed by atoms with E-state index in [0.717, 1.165) is 13.0 Å². The Morgan fingerprint density at radius 2 is 1.64 bits per heavy atom. The number of amides is 3. The van der Waals surface area contributed by atoms with Gasteiger partial charge in [0.25, 0.3) is 0 Å². The molecular weight excluding hydrogens is 320 g/mol. The minimum Gasteiger partial charge on any atom is -0.356 e. The van der Waals surface area contributed by atoms with Crippen LogP contribution in [0.2, 0.25) is 0 Å². The van der Waals surface area contributed by atoms with E-state index in [-0.39, 0.29) is 24.1 Å². The molecule has 1 rings (SSSR count). The van der Waals surface area contributed by atoms with Gasteiger partial charge in [0.15, 0.2) is 0 Å². The zero-order valence-corrected chi connectivity index (χ0v) is 15.5. The minimum absolute atomic E-state index is 0.0696. The van der Waals surface area contributed by atoms with Gasteiger partial charge in [-0.15, -0.1) is 0 Å². The predicted octanol–water partition coefficient (Wildman–Crippen LogP) is 1.46. The lowest BCUT2D eigenvalue weighted by molar-refractivity contribution is -0.121. The topological polar surface area (TPSA) is 81.8 Å². The zero-order chi connectivity index (χ0) is 18.8. The third-order valence-electron chi connectivity index (χ3n) is 3.55. The van der Waals surface area contributed by atoms with Crippen molar-refractivity contribution in [1.82, 2.24) is 10.2 Å². The van der Waals surface area contributed by atoms with Gasteiger partial charge < -0.3 is 20.4 Å². The molecule has 0 unspecified atom stereocenters. The van der Waals surface area contributed by atoms with Crippen molar-refractivity contribution in [2.45, 2.75) is 26.7 Å². The van der Waals surface area contributed by atoms with Gasteiger partial charge in [-0.3, -0.25) is 14.4 Å². The van der Waals surface area contributed by atoms with Crippen molar-refractivity contribution in [2.24, 2.45) is 0 Å². The highest BCUT2D eigenvalue weighted by molar-refractivity contribution is 5.93. The van der Waals surface area contributed by atoms with E-state index in [9.17, 15) is 14.4 Å². The Hall–Kier alpha value is -2.41. The molecule has 25 heavy (non-hydrogen) atoms. The fourth-order valence-electron chi connectivity index (χ4n) is 2.32. The standard InChI is InChI=1S/C18H28N4O3/c1-14(23)20-16-6-8-17(9-7-16)22(15(2)24)13-10-18(25)19-11-5-12-21(3)4/h6-9H,5,10-13H2,1-4H3,(H,19,25)(H,20,23). The fourth-order valence-corrected chi connectivity index (χ4v) is 2.32. The maximum Gasteiger partial charge on any atom is 0.223 e. The molecule has 7 heteroatoms. The molecule has 0 aliphatic rings. The highest BCUT2D eigenvalue weighted by Crippen LogP contribution is 2.18. The summed E-state index contributed by atoms with van der Waals surface area (Å²) < 4.78 is 0. The Morgan fingerprint density at radius 3 is 2.16 bits per heavy atom. The van der Waals surface area contributed by atoms with Crippen LogP contribution in [-0.2, 0) is 14.4 Å². The molecule has 0 heterocycles. The number of benzene rings is 1. The second kappa shape index (κ2) is 10.5. The maximum atomic E-state index is 11.9. The van der Waals surface area contributed by atoms with Crippen LogP contribution in [0, 0.1) is 0 Å². The molecule has 0 aliphatic heterocycles. The highest BCUT2D eigenvalue weighted by Gasteiger charge is 2.13. The number of carbonyl (C=O) groups excluding carboxylic acids is 3. The van der Waals surface area contributed by atoms with Crippen LogP contribution in [0.1, 0.15) is 26.7 Å². The molecule has 1 aromatic rings. The van der Waals surface area contributed by atoms with E-state index >= 15 is 0 Å². The molecule has 138 valence electrons. The average molecular weight is 348 g/mol.